The molecule has 0 saturated heterocycles. The summed E-state index contributed by atoms with van der Waals surface area (Å²) in [6.45, 7) is 5.24. The molecule has 0 aliphatic heterocycles. The smallest absolute Gasteiger partial charge is 0.328 e. The Kier molecular flexibility index (Phi) is 12.3. The van der Waals surface area contributed by atoms with Crippen LogP contribution in [0.4, 0.5) is 5.69 Å². The van der Waals surface area contributed by atoms with Crippen molar-refractivity contribution in [2.75, 3.05) is 13.7 Å². The Morgan fingerprint density at radius 1 is 1.00 bits per heavy atom. The summed E-state index contributed by atoms with van der Waals surface area (Å²) >= 11 is 4.96. The second kappa shape index (κ2) is 14.6. The third kappa shape index (κ3) is 10.5. The fourth-order valence-electron chi connectivity index (χ4n) is 2.94. The predicted octanol–water partition coefficient (Wildman–Crippen LogP) is 0.983. The van der Waals surface area contributed by atoms with Crippen molar-refractivity contribution in [3.63, 3.8) is 0 Å². The number of amides is 3. The standard InChI is InChI=1S/C22H31N5O7S/c1-13(19(28)25-14(2)22(31)34-4)24-21(30)18(7-5-6-12-23-15(3)35)26-20(29)16-8-10-17(11-9-16)27(32)33/h8-11,13-14,18H,5-7,12H2,1-4H3,(H,23,35)(H,24,30)(H,25,28)(H,26,29)/t13-,14-,18-/m0/s1. The van der Waals surface area contributed by atoms with Gasteiger partial charge in [0.1, 0.15) is 18.1 Å². The number of unbranched alkanes of at least 4 members (excludes halogenated alkanes) is 1. The Hall–Kier alpha value is -3.61. The molecule has 13 heteroatoms. The normalized spacial score (nSPS) is 12.9. The van der Waals surface area contributed by atoms with Crippen molar-refractivity contribution in [3.05, 3.63) is 39.9 Å². The van der Waals surface area contributed by atoms with Gasteiger partial charge in [0.25, 0.3) is 11.6 Å². The highest BCUT2D eigenvalue weighted by molar-refractivity contribution is 7.80. The van der Waals surface area contributed by atoms with Gasteiger partial charge in [-0.2, -0.15) is 0 Å². The zero-order valence-corrected chi connectivity index (χ0v) is 20.9. The number of carbonyl (C=O) groups excluding carboxylic acids is 4. The summed E-state index contributed by atoms with van der Waals surface area (Å²) in [7, 11) is 1.19. The minimum absolute atomic E-state index is 0.143. The lowest BCUT2D eigenvalue weighted by Gasteiger charge is -2.22. The van der Waals surface area contributed by atoms with Crippen molar-refractivity contribution in [1.82, 2.24) is 21.3 Å². The number of nitro groups is 1. The topological polar surface area (TPSA) is 169 Å². The molecule has 3 atom stereocenters. The molecule has 0 bridgehead atoms. The fraction of sp³-hybridized carbons (Fsp3) is 0.500. The van der Waals surface area contributed by atoms with Crippen molar-refractivity contribution < 1.29 is 28.8 Å². The van der Waals surface area contributed by atoms with Crippen LogP contribution in [0.3, 0.4) is 0 Å². The van der Waals surface area contributed by atoms with E-state index in [1.165, 1.54) is 45.2 Å². The predicted molar refractivity (Wildman–Crippen MR) is 132 cm³/mol. The number of benzene rings is 1. The summed E-state index contributed by atoms with van der Waals surface area (Å²) in [4.78, 5) is 60.3. The zero-order chi connectivity index (χ0) is 26.5. The summed E-state index contributed by atoms with van der Waals surface area (Å²) in [6.07, 6.45) is 1.52. The maximum Gasteiger partial charge on any atom is 0.328 e. The molecule has 0 aliphatic carbocycles. The summed E-state index contributed by atoms with van der Waals surface area (Å²) < 4.78 is 4.56. The van der Waals surface area contributed by atoms with Crippen LogP contribution >= 0.6 is 12.2 Å². The lowest BCUT2D eigenvalue weighted by Crippen LogP contribution is -2.54. The van der Waals surface area contributed by atoms with Crippen molar-refractivity contribution >= 4 is 46.6 Å². The third-order valence-corrected chi connectivity index (χ3v) is 5.07. The highest BCUT2D eigenvalue weighted by Gasteiger charge is 2.26. The van der Waals surface area contributed by atoms with Crippen LogP contribution in [-0.2, 0) is 19.1 Å². The van der Waals surface area contributed by atoms with E-state index in [9.17, 15) is 29.3 Å². The van der Waals surface area contributed by atoms with E-state index in [4.69, 9.17) is 12.2 Å². The zero-order valence-electron chi connectivity index (χ0n) is 20.1. The number of thiocarbonyl (C=S) groups is 1. The Balaban J connectivity index is 2.85. The minimum atomic E-state index is -0.993. The molecule has 0 aromatic heterocycles. The summed E-state index contributed by atoms with van der Waals surface area (Å²) in [5, 5.41) is 21.4. The van der Waals surface area contributed by atoms with Crippen molar-refractivity contribution in [1.29, 1.82) is 0 Å². The second-order valence-corrected chi connectivity index (χ2v) is 8.40. The van der Waals surface area contributed by atoms with Crippen LogP contribution in [-0.4, -0.2) is 65.4 Å². The van der Waals surface area contributed by atoms with Gasteiger partial charge >= 0.3 is 5.97 Å². The highest BCUT2D eigenvalue weighted by Crippen LogP contribution is 2.12. The van der Waals surface area contributed by atoms with E-state index >= 15 is 0 Å². The van der Waals surface area contributed by atoms with E-state index in [1.807, 2.05) is 0 Å². The first kappa shape index (κ1) is 29.4. The van der Waals surface area contributed by atoms with Gasteiger partial charge in [0.05, 0.1) is 17.0 Å². The number of nitro benzene ring substituents is 1. The van der Waals surface area contributed by atoms with E-state index in [2.05, 4.69) is 26.0 Å². The maximum absolute atomic E-state index is 12.9. The number of carbonyl (C=O) groups is 4. The van der Waals surface area contributed by atoms with Crippen molar-refractivity contribution in [2.45, 2.75) is 58.2 Å². The Labute approximate surface area is 208 Å². The number of nitrogens with zero attached hydrogens (tertiary/aromatic N) is 1. The van der Waals surface area contributed by atoms with Gasteiger partial charge < -0.3 is 26.0 Å². The fourth-order valence-corrected chi connectivity index (χ4v) is 3.04. The van der Waals surface area contributed by atoms with Crippen molar-refractivity contribution in [3.8, 4) is 0 Å². The van der Waals surface area contributed by atoms with Gasteiger partial charge in [-0.05, 0) is 52.2 Å². The molecule has 192 valence electrons. The SMILES string of the molecule is COC(=O)[C@H](C)NC(=O)[C@H](C)NC(=O)[C@H](CCCCNC(C)=S)NC(=O)c1ccc([N+](=O)[O-])cc1. The molecule has 35 heavy (non-hydrogen) atoms. The van der Waals surface area contributed by atoms with E-state index in [1.54, 1.807) is 6.92 Å². The molecule has 0 unspecified atom stereocenters. The molecule has 0 radical (unpaired) electrons. The van der Waals surface area contributed by atoms with Crippen LogP contribution < -0.4 is 21.3 Å². The summed E-state index contributed by atoms with van der Waals surface area (Å²) in [5.41, 5.74) is -0.0257. The molecule has 0 spiro atoms. The molecule has 3 amide bonds. The lowest BCUT2D eigenvalue weighted by atomic mass is 10.1. The van der Waals surface area contributed by atoms with Crippen LogP contribution in [0.5, 0.6) is 0 Å². The highest BCUT2D eigenvalue weighted by atomic mass is 32.1. The Morgan fingerprint density at radius 3 is 2.14 bits per heavy atom. The molecule has 0 fully saturated rings. The van der Waals surface area contributed by atoms with Crippen LogP contribution in [0.25, 0.3) is 0 Å². The first-order valence-corrected chi connectivity index (χ1v) is 11.3. The molecule has 1 aromatic rings. The Morgan fingerprint density at radius 2 is 1.60 bits per heavy atom. The quantitative estimate of drug-likeness (QED) is 0.0995. The van der Waals surface area contributed by atoms with E-state index in [0.29, 0.717) is 24.4 Å². The molecular weight excluding hydrogens is 478 g/mol. The van der Waals surface area contributed by atoms with Crippen LogP contribution in [0.1, 0.15) is 50.4 Å². The number of rotatable bonds is 13. The third-order valence-electron chi connectivity index (χ3n) is 4.92. The molecule has 0 heterocycles. The van der Waals surface area contributed by atoms with Gasteiger partial charge in [-0.1, -0.05) is 12.2 Å². The number of nitrogens with one attached hydrogen (secondary N) is 4. The number of esters is 1. The second-order valence-electron chi connectivity index (χ2n) is 7.79. The van der Waals surface area contributed by atoms with E-state index < -0.39 is 46.7 Å². The Bertz CT molecular complexity index is 939. The van der Waals surface area contributed by atoms with Crippen LogP contribution in [0.2, 0.25) is 0 Å². The van der Waals surface area contributed by atoms with Gasteiger partial charge in [0, 0.05) is 24.2 Å². The van der Waals surface area contributed by atoms with Gasteiger partial charge in [0.15, 0.2) is 0 Å². The van der Waals surface area contributed by atoms with Crippen LogP contribution in [0, 0.1) is 10.1 Å². The molecule has 4 N–H and O–H groups in total. The number of non-ortho nitro benzene ring substituents is 1. The van der Waals surface area contributed by atoms with Gasteiger partial charge in [0.2, 0.25) is 11.8 Å². The van der Waals surface area contributed by atoms with Crippen LogP contribution in [0.15, 0.2) is 24.3 Å². The average molecular weight is 510 g/mol. The number of hydrogen-bond donors (Lipinski definition) is 4. The van der Waals surface area contributed by atoms with Gasteiger partial charge in [-0.25, -0.2) is 4.79 Å². The molecule has 1 rings (SSSR count). The largest absolute Gasteiger partial charge is 0.467 e. The van der Waals surface area contributed by atoms with Gasteiger partial charge in [-0.15, -0.1) is 0 Å². The summed E-state index contributed by atoms with van der Waals surface area (Å²) in [5.74, 6) is -2.42. The number of hydrogen-bond acceptors (Lipinski definition) is 8. The number of ether oxygens (including phenoxy) is 1. The first-order valence-electron chi connectivity index (χ1n) is 10.9. The van der Waals surface area contributed by atoms with E-state index in [-0.39, 0.29) is 17.7 Å². The molecular formula is C22H31N5O7S. The molecule has 0 saturated carbocycles. The monoisotopic (exact) mass is 509 g/mol. The molecule has 0 aliphatic rings. The van der Waals surface area contributed by atoms with Gasteiger partial charge in [-0.3, -0.25) is 24.5 Å². The minimum Gasteiger partial charge on any atom is -0.467 e. The maximum atomic E-state index is 12.9. The summed E-state index contributed by atoms with van der Waals surface area (Å²) in [6, 6.07) is 2.10. The average Bonchev–Trinajstić information content (AvgIpc) is 2.81. The van der Waals surface area contributed by atoms with Crippen molar-refractivity contribution in [2.24, 2.45) is 0 Å². The van der Waals surface area contributed by atoms with E-state index in [0.717, 1.165) is 0 Å². The first-order chi connectivity index (χ1) is 16.5. The lowest BCUT2D eigenvalue weighted by molar-refractivity contribution is -0.384. The number of methoxy groups -OCH3 is 1. The molecule has 1 aromatic carbocycles. The molecule has 12 nitrogen and oxygen atoms in total.